The Morgan fingerprint density at radius 2 is 1.97 bits per heavy atom. The Kier molecular flexibility index (Phi) is 7.47. The average molecular weight is 396 g/mol. The highest BCUT2D eigenvalue weighted by molar-refractivity contribution is 5.79. The van der Waals surface area contributed by atoms with Gasteiger partial charge in [-0.1, -0.05) is 18.2 Å². The summed E-state index contributed by atoms with van der Waals surface area (Å²) in [5, 5.41) is 11.4. The van der Waals surface area contributed by atoms with E-state index in [4.69, 9.17) is 14.3 Å². The number of hydrogen-bond acceptors (Lipinski definition) is 4. The summed E-state index contributed by atoms with van der Waals surface area (Å²) < 4.78 is 12.8. The van der Waals surface area contributed by atoms with Crippen LogP contribution >= 0.6 is 0 Å². The van der Waals surface area contributed by atoms with Gasteiger partial charge in [-0.3, -0.25) is 4.99 Å². The van der Waals surface area contributed by atoms with E-state index in [0.717, 1.165) is 41.8 Å². The van der Waals surface area contributed by atoms with E-state index in [2.05, 4.69) is 34.7 Å². The Hall–Kier alpha value is -3.06. The number of aliphatic imine (C=N–C) groups is 1. The van der Waals surface area contributed by atoms with Crippen LogP contribution in [0.2, 0.25) is 0 Å². The van der Waals surface area contributed by atoms with Crippen LogP contribution in [0, 0.1) is 13.8 Å². The molecule has 29 heavy (non-hydrogen) atoms. The van der Waals surface area contributed by atoms with Crippen LogP contribution in [0.25, 0.3) is 5.69 Å². The molecule has 0 saturated heterocycles. The first-order valence-electron chi connectivity index (χ1n) is 9.84. The quantitative estimate of drug-likeness (QED) is 0.330. The number of furan rings is 1. The Morgan fingerprint density at radius 3 is 2.69 bits per heavy atom. The first-order valence-corrected chi connectivity index (χ1v) is 9.84. The second-order valence-electron chi connectivity index (χ2n) is 6.73. The number of hydrogen-bond donors (Lipinski definition) is 2. The molecule has 0 fully saturated rings. The van der Waals surface area contributed by atoms with Crippen LogP contribution in [0.1, 0.15) is 29.1 Å². The van der Waals surface area contributed by atoms with Gasteiger partial charge in [0.25, 0.3) is 0 Å². The van der Waals surface area contributed by atoms with E-state index in [0.29, 0.717) is 19.8 Å². The molecule has 1 aromatic carbocycles. The lowest BCUT2D eigenvalue weighted by Crippen LogP contribution is -2.37. The van der Waals surface area contributed by atoms with E-state index >= 15 is 0 Å². The van der Waals surface area contributed by atoms with Gasteiger partial charge in [-0.2, -0.15) is 5.10 Å². The molecule has 2 heterocycles. The van der Waals surface area contributed by atoms with Crippen LogP contribution in [0.5, 0.6) is 0 Å². The molecule has 3 aromatic rings. The van der Waals surface area contributed by atoms with Crippen molar-refractivity contribution in [2.24, 2.45) is 4.99 Å². The van der Waals surface area contributed by atoms with Crippen molar-refractivity contribution in [3.8, 4) is 5.69 Å². The molecule has 0 aliphatic carbocycles. The summed E-state index contributed by atoms with van der Waals surface area (Å²) in [7, 11) is 1.77. The van der Waals surface area contributed by atoms with Crippen molar-refractivity contribution in [2.75, 3.05) is 20.2 Å². The maximum Gasteiger partial charge on any atom is 0.191 e. The summed E-state index contributed by atoms with van der Waals surface area (Å²) in [6.45, 7) is 6.74. The van der Waals surface area contributed by atoms with Gasteiger partial charge in [0.2, 0.25) is 0 Å². The average Bonchev–Trinajstić information content (AvgIpc) is 3.36. The molecule has 2 aromatic heterocycles. The molecule has 0 unspecified atom stereocenters. The number of rotatable bonds is 9. The highest BCUT2D eigenvalue weighted by Gasteiger charge is 2.13. The Labute approximate surface area is 171 Å². The monoisotopic (exact) mass is 395 g/mol. The molecule has 0 bridgehead atoms. The van der Waals surface area contributed by atoms with Gasteiger partial charge < -0.3 is 19.8 Å². The van der Waals surface area contributed by atoms with Crippen LogP contribution in [-0.4, -0.2) is 35.9 Å². The Balaban J connectivity index is 1.44. The predicted molar refractivity (Wildman–Crippen MR) is 114 cm³/mol. The lowest BCUT2D eigenvalue weighted by atomic mass is 10.2. The maximum absolute atomic E-state index is 5.59. The minimum Gasteiger partial charge on any atom is -0.467 e. The van der Waals surface area contributed by atoms with Crippen molar-refractivity contribution in [3.05, 3.63) is 71.4 Å². The third kappa shape index (κ3) is 5.71. The fourth-order valence-electron chi connectivity index (χ4n) is 3.09. The van der Waals surface area contributed by atoms with Crippen molar-refractivity contribution in [2.45, 2.75) is 33.4 Å². The number of nitrogens with one attached hydrogen (secondary N) is 2. The number of ether oxygens (including phenoxy) is 1. The second kappa shape index (κ2) is 10.5. The standard InChI is InChI=1S/C22H29N5O2/c1-17-21(18(2)27(26-17)19-9-5-4-6-10-19)15-25-22(23-3)24-12-8-13-28-16-20-11-7-14-29-20/h4-7,9-11,14H,8,12-13,15-16H2,1-3H3,(H2,23,24,25). The van der Waals surface area contributed by atoms with Crippen LogP contribution in [0.3, 0.4) is 0 Å². The summed E-state index contributed by atoms with van der Waals surface area (Å²) in [5.41, 5.74) is 4.39. The molecule has 0 aliphatic heterocycles. The van der Waals surface area contributed by atoms with Crippen molar-refractivity contribution < 1.29 is 9.15 Å². The Bertz CT molecular complexity index is 901. The van der Waals surface area contributed by atoms with Crippen molar-refractivity contribution in [1.82, 2.24) is 20.4 Å². The number of nitrogens with zero attached hydrogens (tertiary/aromatic N) is 3. The molecule has 2 N–H and O–H groups in total. The molecule has 0 amide bonds. The lowest BCUT2D eigenvalue weighted by molar-refractivity contribution is 0.105. The highest BCUT2D eigenvalue weighted by Crippen LogP contribution is 2.17. The fraction of sp³-hybridized carbons (Fsp3) is 0.364. The zero-order valence-corrected chi connectivity index (χ0v) is 17.3. The molecule has 3 rings (SSSR count). The van der Waals surface area contributed by atoms with Crippen LogP contribution < -0.4 is 10.6 Å². The molecular weight excluding hydrogens is 366 g/mol. The number of para-hydroxylation sites is 1. The smallest absolute Gasteiger partial charge is 0.191 e. The highest BCUT2D eigenvalue weighted by atomic mass is 16.5. The summed E-state index contributed by atoms with van der Waals surface area (Å²) in [6, 6.07) is 13.9. The second-order valence-corrected chi connectivity index (χ2v) is 6.73. The van der Waals surface area contributed by atoms with Gasteiger partial charge in [-0.25, -0.2) is 4.68 Å². The van der Waals surface area contributed by atoms with Gasteiger partial charge in [0.05, 0.1) is 17.6 Å². The number of aromatic nitrogens is 2. The third-order valence-corrected chi connectivity index (χ3v) is 4.68. The normalized spacial score (nSPS) is 11.6. The van der Waals surface area contributed by atoms with E-state index in [1.165, 1.54) is 5.56 Å². The zero-order chi connectivity index (χ0) is 20.5. The molecular formula is C22H29N5O2. The first kappa shape index (κ1) is 20.7. The summed E-state index contributed by atoms with van der Waals surface area (Å²) in [5.74, 6) is 1.61. The molecule has 0 radical (unpaired) electrons. The molecule has 0 atom stereocenters. The fourth-order valence-corrected chi connectivity index (χ4v) is 3.09. The number of aryl methyl sites for hydroxylation is 1. The predicted octanol–water partition coefficient (Wildman–Crippen LogP) is 3.35. The van der Waals surface area contributed by atoms with E-state index in [-0.39, 0.29) is 0 Å². The largest absolute Gasteiger partial charge is 0.467 e. The van der Waals surface area contributed by atoms with E-state index in [1.807, 2.05) is 41.9 Å². The van der Waals surface area contributed by atoms with E-state index in [1.54, 1.807) is 13.3 Å². The van der Waals surface area contributed by atoms with Crippen LogP contribution in [-0.2, 0) is 17.9 Å². The van der Waals surface area contributed by atoms with Gasteiger partial charge in [0.15, 0.2) is 5.96 Å². The lowest BCUT2D eigenvalue weighted by Gasteiger charge is -2.12. The number of guanidine groups is 1. The Morgan fingerprint density at radius 1 is 1.14 bits per heavy atom. The minimum atomic E-state index is 0.504. The zero-order valence-electron chi connectivity index (χ0n) is 17.3. The third-order valence-electron chi connectivity index (χ3n) is 4.68. The van der Waals surface area contributed by atoms with Crippen molar-refractivity contribution >= 4 is 5.96 Å². The maximum atomic E-state index is 5.59. The minimum absolute atomic E-state index is 0.504. The van der Waals surface area contributed by atoms with Crippen LogP contribution in [0.4, 0.5) is 0 Å². The molecule has 7 heteroatoms. The SMILES string of the molecule is CN=C(NCCCOCc1ccco1)NCc1c(C)nn(-c2ccccc2)c1C. The van der Waals surface area contributed by atoms with Crippen molar-refractivity contribution in [3.63, 3.8) is 0 Å². The van der Waals surface area contributed by atoms with E-state index in [9.17, 15) is 0 Å². The molecule has 7 nitrogen and oxygen atoms in total. The van der Waals surface area contributed by atoms with Gasteiger partial charge in [-0.15, -0.1) is 0 Å². The summed E-state index contributed by atoms with van der Waals surface area (Å²) in [4.78, 5) is 4.30. The van der Waals surface area contributed by atoms with Crippen molar-refractivity contribution in [1.29, 1.82) is 0 Å². The summed E-state index contributed by atoms with van der Waals surface area (Å²) in [6.07, 6.45) is 2.54. The van der Waals surface area contributed by atoms with Crippen LogP contribution in [0.15, 0.2) is 58.1 Å². The topological polar surface area (TPSA) is 76.6 Å². The van der Waals surface area contributed by atoms with Gasteiger partial charge >= 0.3 is 0 Å². The number of benzene rings is 1. The molecule has 154 valence electrons. The van der Waals surface area contributed by atoms with Gasteiger partial charge in [0.1, 0.15) is 12.4 Å². The summed E-state index contributed by atoms with van der Waals surface area (Å²) >= 11 is 0. The molecule has 0 aliphatic rings. The van der Waals surface area contributed by atoms with Gasteiger partial charge in [0, 0.05) is 38.0 Å². The first-order chi connectivity index (χ1) is 14.2. The molecule has 0 saturated carbocycles. The molecule has 0 spiro atoms. The van der Waals surface area contributed by atoms with Gasteiger partial charge in [-0.05, 0) is 44.5 Å². The van der Waals surface area contributed by atoms with E-state index < -0.39 is 0 Å².